The van der Waals surface area contributed by atoms with Crippen molar-refractivity contribution in [3.05, 3.63) is 0 Å². The van der Waals surface area contributed by atoms with Gasteiger partial charge in [0.2, 0.25) is 5.91 Å². The van der Waals surface area contributed by atoms with Gasteiger partial charge in [-0.15, -0.1) is 0 Å². The molecule has 1 heterocycles. The van der Waals surface area contributed by atoms with Gasteiger partial charge in [0.1, 0.15) is 0 Å². The highest BCUT2D eigenvalue weighted by Crippen LogP contribution is 2.41. The molecular weight excluding hydrogens is 236 g/mol. The SMILES string of the molecule is CCC1NC(C(C)C)N(C2CCCCC2(C)C)C1=O. The fourth-order valence-electron chi connectivity index (χ4n) is 3.82. The van der Waals surface area contributed by atoms with Crippen molar-refractivity contribution in [2.24, 2.45) is 11.3 Å². The van der Waals surface area contributed by atoms with Gasteiger partial charge in [-0.2, -0.15) is 0 Å². The summed E-state index contributed by atoms with van der Waals surface area (Å²) in [6, 6.07) is 0.440. The predicted octanol–water partition coefficient (Wildman–Crippen LogP) is 3.15. The second-order valence-electron chi connectivity index (χ2n) is 7.31. The van der Waals surface area contributed by atoms with Gasteiger partial charge >= 0.3 is 0 Å². The molecule has 1 aliphatic carbocycles. The molecule has 1 saturated heterocycles. The Bertz CT molecular complexity index is 338. The molecule has 2 rings (SSSR count). The summed E-state index contributed by atoms with van der Waals surface area (Å²) in [7, 11) is 0. The molecule has 19 heavy (non-hydrogen) atoms. The maximum atomic E-state index is 12.7. The van der Waals surface area contributed by atoms with Crippen LogP contribution in [-0.4, -0.2) is 29.1 Å². The molecule has 0 aromatic carbocycles. The number of nitrogens with one attached hydrogen (secondary N) is 1. The molecule has 3 heteroatoms. The van der Waals surface area contributed by atoms with Crippen molar-refractivity contribution in [2.75, 3.05) is 0 Å². The number of hydrogen-bond donors (Lipinski definition) is 1. The average molecular weight is 266 g/mol. The normalized spacial score (nSPS) is 35.2. The van der Waals surface area contributed by atoms with Crippen LogP contribution in [0.1, 0.15) is 66.7 Å². The minimum Gasteiger partial charge on any atom is -0.322 e. The van der Waals surface area contributed by atoms with Crippen molar-refractivity contribution in [1.82, 2.24) is 10.2 Å². The van der Waals surface area contributed by atoms with Crippen LogP contribution in [0.3, 0.4) is 0 Å². The van der Waals surface area contributed by atoms with E-state index in [1.54, 1.807) is 0 Å². The van der Waals surface area contributed by atoms with Gasteiger partial charge in [0.15, 0.2) is 0 Å². The van der Waals surface area contributed by atoms with E-state index in [9.17, 15) is 4.79 Å². The standard InChI is InChI=1S/C16H30N2O/c1-6-12-15(19)18(14(17-12)11(2)3)13-9-7-8-10-16(13,4)5/h11-14,17H,6-10H2,1-5H3. The van der Waals surface area contributed by atoms with E-state index >= 15 is 0 Å². The lowest BCUT2D eigenvalue weighted by atomic mass is 9.72. The van der Waals surface area contributed by atoms with Gasteiger partial charge in [-0.05, 0) is 30.6 Å². The fraction of sp³-hybridized carbons (Fsp3) is 0.938. The van der Waals surface area contributed by atoms with Gasteiger partial charge in [0.25, 0.3) is 0 Å². The van der Waals surface area contributed by atoms with E-state index < -0.39 is 0 Å². The fourth-order valence-corrected chi connectivity index (χ4v) is 3.82. The molecule has 0 radical (unpaired) electrons. The topological polar surface area (TPSA) is 32.3 Å². The number of nitrogens with zero attached hydrogens (tertiary/aromatic N) is 1. The van der Waals surface area contributed by atoms with Crippen LogP contribution >= 0.6 is 0 Å². The molecule has 110 valence electrons. The third-order valence-electron chi connectivity index (χ3n) is 5.05. The number of carbonyl (C=O) groups is 1. The van der Waals surface area contributed by atoms with Crippen LogP contribution in [0.15, 0.2) is 0 Å². The minimum absolute atomic E-state index is 0.0325. The lowest BCUT2D eigenvalue weighted by Gasteiger charge is -2.46. The molecular formula is C16H30N2O. The number of amides is 1. The highest BCUT2D eigenvalue weighted by atomic mass is 16.2. The molecule has 3 unspecified atom stereocenters. The lowest BCUT2D eigenvalue weighted by molar-refractivity contribution is -0.137. The molecule has 3 nitrogen and oxygen atoms in total. The molecule has 0 aromatic rings. The van der Waals surface area contributed by atoms with Crippen molar-refractivity contribution in [3.63, 3.8) is 0 Å². The van der Waals surface area contributed by atoms with Crippen molar-refractivity contribution in [2.45, 2.75) is 85.0 Å². The smallest absolute Gasteiger partial charge is 0.241 e. The average Bonchev–Trinajstić information content (AvgIpc) is 2.66. The van der Waals surface area contributed by atoms with E-state index in [0.717, 1.165) is 6.42 Å². The van der Waals surface area contributed by atoms with Crippen molar-refractivity contribution < 1.29 is 4.79 Å². The third-order valence-corrected chi connectivity index (χ3v) is 5.05. The highest BCUT2D eigenvalue weighted by Gasteiger charge is 2.47. The van der Waals surface area contributed by atoms with Gasteiger partial charge in [-0.3, -0.25) is 10.1 Å². The molecule has 2 aliphatic rings. The Labute approximate surface area is 118 Å². The van der Waals surface area contributed by atoms with Crippen LogP contribution in [0.5, 0.6) is 0 Å². The molecule has 1 N–H and O–H groups in total. The monoisotopic (exact) mass is 266 g/mol. The molecule has 1 amide bonds. The van der Waals surface area contributed by atoms with Crippen LogP contribution in [0.25, 0.3) is 0 Å². The quantitative estimate of drug-likeness (QED) is 0.851. The molecule has 1 saturated carbocycles. The van der Waals surface area contributed by atoms with E-state index in [4.69, 9.17) is 0 Å². The first kappa shape index (κ1) is 14.8. The van der Waals surface area contributed by atoms with Gasteiger partial charge in [-0.25, -0.2) is 0 Å². The summed E-state index contributed by atoms with van der Waals surface area (Å²) in [5, 5.41) is 3.55. The maximum Gasteiger partial charge on any atom is 0.241 e. The number of carbonyl (C=O) groups excluding carboxylic acids is 1. The Morgan fingerprint density at radius 2 is 2.05 bits per heavy atom. The molecule has 0 bridgehead atoms. The first-order valence-corrected chi connectivity index (χ1v) is 7.96. The van der Waals surface area contributed by atoms with E-state index in [1.807, 2.05) is 0 Å². The predicted molar refractivity (Wildman–Crippen MR) is 78.7 cm³/mol. The summed E-state index contributed by atoms with van der Waals surface area (Å²) >= 11 is 0. The Balaban J connectivity index is 2.26. The summed E-state index contributed by atoms with van der Waals surface area (Å²) < 4.78 is 0. The Hall–Kier alpha value is -0.570. The van der Waals surface area contributed by atoms with Gasteiger partial charge in [0.05, 0.1) is 12.2 Å². The van der Waals surface area contributed by atoms with E-state index in [-0.39, 0.29) is 17.6 Å². The Kier molecular flexibility index (Phi) is 4.24. The first-order valence-electron chi connectivity index (χ1n) is 7.96. The Morgan fingerprint density at radius 3 is 2.58 bits per heavy atom. The van der Waals surface area contributed by atoms with Gasteiger partial charge in [-0.1, -0.05) is 47.5 Å². The zero-order valence-electron chi connectivity index (χ0n) is 13.2. The molecule has 0 spiro atoms. The molecule has 0 aromatic heterocycles. The summed E-state index contributed by atoms with van der Waals surface area (Å²) in [6.07, 6.45) is 6.09. The lowest BCUT2D eigenvalue weighted by Crippen LogP contribution is -2.54. The number of rotatable bonds is 3. The molecule has 3 atom stereocenters. The van der Waals surface area contributed by atoms with Crippen molar-refractivity contribution in [3.8, 4) is 0 Å². The zero-order valence-corrected chi connectivity index (χ0v) is 13.2. The second-order valence-corrected chi connectivity index (χ2v) is 7.31. The highest BCUT2D eigenvalue weighted by molar-refractivity contribution is 5.84. The minimum atomic E-state index is 0.0325. The second kappa shape index (κ2) is 5.43. The summed E-state index contributed by atoms with van der Waals surface area (Å²) in [6.45, 7) is 11.2. The van der Waals surface area contributed by atoms with E-state index in [1.165, 1.54) is 25.7 Å². The zero-order chi connectivity index (χ0) is 14.2. The van der Waals surface area contributed by atoms with Crippen LogP contribution in [0.4, 0.5) is 0 Å². The van der Waals surface area contributed by atoms with E-state index in [0.29, 0.717) is 17.9 Å². The van der Waals surface area contributed by atoms with Crippen LogP contribution in [-0.2, 0) is 4.79 Å². The van der Waals surface area contributed by atoms with Gasteiger partial charge < -0.3 is 4.90 Å². The Morgan fingerprint density at radius 1 is 1.37 bits per heavy atom. The molecule has 1 aliphatic heterocycles. The summed E-state index contributed by atoms with van der Waals surface area (Å²) in [4.78, 5) is 14.9. The van der Waals surface area contributed by atoms with Crippen molar-refractivity contribution >= 4 is 5.91 Å². The molecule has 2 fully saturated rings. The number of hydrogen-bond acceptors (Lipinski definition) is 2. The van der Waals surface area contributed by atoms with Crippen molar-refractivity contribution in [1.29, 1.82) is 0 Å². The van der Waals surface area contributed by atoms with Crippen LogP contribution in [0, 0.1) is 11.3 Å². The summed E-state index contributed by atoms with van der Waals surface area (Å²) in [5.41, 5.74) is 0.255. The van der Waals surface area contributed by atoms with Crippen LogP contribution < -0.4 is 5.32 Å². The summed E-state index contributed by atoms with van der Waals surface area (Å²) in [5.74, 6) is 0.805. The first-order chi connectivity index (χ1) is 8.88. The van der Waals surface area contributed by atoms with Crippen LogP contribution in [0.2, 0.25) is 0 Å². The third kappa shape index (κ3) is 2.67. The van der Waals surface area contributed by atoms with E-state index in [2.05, 4.69) is 44.8 Å². The maximum absolute atomic E-state index is 12.7. The largest absolute Gasteiger partial charge is 0.322 e. The van der Waals surface area contributed by atoms with Gasteiger partial charge in [0, 0.05) is 6.04 Å².